The third kappa shape index (κ3) is 2.43. The van der Waals surface area contributed by atoms with Crippen molar-refractivity contribution in [2.24, 2.45) is 0 Å². The van der Waals surface area contributed by atoms with Crippen molar-refractivity contribution in [1.82, 2.24) is 4.90 Å². The standard InChI is InChI=1S/C18H22N2O3/c21-20(22)16-7-8-17-14(13-16)12-15-6-2-3-9-18(15,23-17)19-10-4-1-5-11-19/h7-8,12-13H,1-6,9-11H2/t18-/m0/s1. The molecule has 0 N–H and O–H groups in total. The van der Waals surface area contributed by atoms with Gasteiger partial charge in [0.2, 0.25) is 0 Å². The molecule has 0 amide bonds. The molecule has 2 heterocycles. The minimum atomic E-state index is -0.341. The van der Waals surface area contributed by atoms with Gasteiger partial charge >= 0.3 is 0 Å². The molecule has 2 fully saturated rings. The normalized spacial score (nSPS) is 27.4. The average molecular weight is 314 g/mol. The first kappa shape index (κ1) is 14.7. The molecule has 2 aliphatic heterocycles. The number of fused-ring (bicyclic) bond motifs is 2. The van der Waals surface area contributed by atoms with Crippen molar-refractivity contribution in [3.8, 4) is 5.75 Å². The van der Waals surface area contributed by atoms with Gasteiger partial charge in [-0.3, -0.25) is 15.0 Å². The fourth-order valence-electron chi connectivity index (χ4n) is 4.24. The first-order valence-electron chi connectivity index (χ1n) is 8.63. The maximum Gasteiger partial charge on any atom is 0.270 e. The van der Waals surface area contributed by atoms with Gasteiger partial charge in [0.1, 0.15) is 5.75 Å². The van der Waals surface area contributed by atoms with Gasteiger partial charge in [0, 0.05) is 37.2 Å². The maximum absolute atomic E-state index is 11.0. The van der Waals surface area contributed by atoms with Crippen LogP contribution in [0.2, 0.25) is 0 Å². The van der Waals surface area contributed by atoms with Crippen LogP contribution in [-0.4, -0.2) is 28.6 Å². The molecule has 1 saturated carbocycles. The summed E-state index contributed by atoms with van der Waals surface area (Å²) in [5.41, 5.74) is 1.98. The summed E-state index contributed by atoms with van der Waals surface area (Å²) < 4.78 is 6.53. The number of ether oxygens (including phenoxy) is 1. The lowest BCUT2D eigenvalue weighted by Gasteiger charge is -2.50. The molecule has 1 atom stereocenters. The number of nitrogens with zero attached hydrogens (tertiary/aromatic N) is 2. The van der Waals surface area contributed by atoms with Crippen LogP contribution in [0.5, 0.6) is 5.75 Å². The van der Waals surface area contributed by atoms with Gasteiger partial charge in [0.25, 0.3) is 5.69 Å². The summed E-state index contributed by atoms with van der Waals surface area (Å²) in [5.74, 6) is 0.784. The Labute approximate surface area is 136 Å². The van der Waals surface area contributed by atoms with E-state index >= 15 is 0 Å². The smallest absolute Gasteiger partial charge is 0.270 e. The lowest BCUT2D eigenvalue weighted by Crippen LogP contribution is -2.58. The zero-order valence-corrected chi connectivity index (χ0v) is 13.3. The van der Waals surface area contributed by atoms with Gasteiger partial charge in [-0.1, -0.05) is 6.42 Å². The number of hydrogen-bond acceptors (Lipinski definition) is 4. The number of nitro benzene ring substituents is 1. The highest BCUT2D eigenvalue weighted by molar-refractivity contribution is 5.67. The van der Waals surface area contributed by atoms with E-state index in [-0.39, 0.29) is 16.3 Å². The molecule has 5 heteroatoms. The topological polar surface area (TPSA) is 55.6 Å². The van der Waals surface area contributed by atoms with E-state index < -0.39 is 0 Å². The molecule has 0 spiro atoms. The molecule has 0 bridgehead atoms. The predicted octanol–water partition coefficient (Wildman–Crippen LogP) is 4.13. The Morgan fingerprint density at radius 2 is 1.96 bits per heavy atom. The summed E-state index contributed by atoms with van der Waals surface area (Å²) in [6.07, 6.45) is 10.3. The average Bonchev–Trinajstić information content (AvgIpc) is 2.60. The molecule has 0 radical (unpaired) electrons. The number of rotatable bonds is 2. The lowest BCUT2D eigenvalue weighted by atomic mass is 9.81. The summed E-state index contributed by atoms with van der Waals surface area (Å²) >= 11 is 0. The monoisotopic (exact) mass is 314 g/mol. The second-order valence-corrected chi connectivity index (χ2v) is 6.79. The van der Waals surface area contributed by atoms with Crippen LogP contribution in [0.3, 0.4) is 0 Å². The Morgan fingerprint density at radius 3 is 2.74 bits per heavy atom. The van der Waals surface area contributed by atoms with Gasteiger partial charge in [0.15, 0.2) is 5.72 Å². The number of piperidine rings is 1. The molecule has 1 saturated heterocycles. The number of nitro groups is 1. The van der Waals surface area contributed by atoms with Crippen molar-refractivity contribution in [1.29, 1.82) is 0 Å². The van der Waals surface area contributed by atoms with Crippen molar-refractivity contribution in [2.45, 2.75) is 50.7 Å². The van der Waals surface area contributed by atoms with Gasteiger partial charge in [0.05, 0.1) is 4.92 Å². The zero-order valence-electron chi connectivity index (χ0n) is 13.3. The molecule has 0 aromatic heterocycles. The third-order valence-electron chi connectivity index (χ3n) is 5.39. The van der Waals surface area contributed by atoms with Gasteiger partial charge in [-0.15, -0.1) is 0 Å². The first-order valence-corrected chi connectivity index (χ1v) is 8.63. The Hall–Kier alpha value is -1.88. The van der Waals surface area contributed by atoms with Crippen LogP contribution < -0.4 is 4.74 Å². The minimum Gasteiger partial charge on any atom is -0.468 e. The van der Waals surface area contributed by atoms with Crippen LogP contribution in [0, 0.1) is 10.1 Å². The molecule has 0 unspecified atom stereocenters. The summed E-state index contributed by atoms with van der Waals surface area (Å²) in [6.45, 7) is 2.17. The van der Waals surface area contributed by atoms with Gasteiger partial charge in [-0.2, -0.15) is 0 Å². The minimum absolute atomic E-state index is 0.130. The first-order chi connectivity index (χ1) is 11.2. The third-order valence-corrected chi connectivity index (χ3v) is 5.39. The molecular weight excluding hydrogens is 292 g/mol. The lowest BCUT2D eigenvalue weighted by molar-refractivity contribution is -0.384. The Kier molecular flexibility index (Phi) is 3.60. The van der Waals surface area contributed by atoms with E-state index in [2.05, 4.69) is 11.0 Å². The predicted molar refractivity (Wildman–Crippen MR) is 88.3 cm³/mol. The van der Waals surface area contributed by atoms with E-state index in [0.717, 1.165) is 37.2 Å². The van der Waals surface area contributed by atoms with Gasteiger partial charge in [-0.05, 0) is 49.8 Å². The Morgan fingerprint density at radius 1 is 1.13 bits per heavy atom. The van der Waals surface area contributed by atoms with Crippen LogP contribution in [0.1, 0.15) is 50.5 Å². The summed E-state index contributed by atoms with van der Waals surface area (Å²) in [6, 6.07) is 4.95. The molecule has 1 aromatic carbocycles. The van der Waals surface area contributed by atoms with Crippen molar-refractivity contribution >= 4 is 11.8 Å². The molecule has 4 rings (SSSR count). The molecule has 1 aromatic rings. The van der Waals surface area contributed by atoms with Crippen molar-refractivity contribution < 1.29 is 9.66 Å². The molecular formula is C18H22N2O3. The quantitative estimate of drug-likeness (QED) is 0.608. The zero-order chi connectivity index (χ0) is 15.9. The SMILES string of the molecule is O=[N+]([O-])c1ccc2c(c1)C=C1CCCC[C@]1(N1CCCCC1)O2. The summed E-state index contributed by atoms with van der Waals surface area (Å²) in [5, 5.41) is 11.0. The second kappa shape index (κ2) is 5.64. The highest BCUT2D eigenvalue weighted by Crippen LogP contribution is 2.46. The number of likely N-dealkylation sites (tertiary alicyclic amines) is 1. The number of non-ortho nitro benzene ring substituents is 1. The van der Waals surface area contributed by atoms with Crippen LogP contribution in [0.4, 0.5) is 5.69 Å². The van der Waals surface area contributed by atoms with E-state index in [9.17, 15) is 10.1 Å². The van der Waals surface area contributed by atoms with Gasteiger partial charge in [-0.25, -0.2) is 0 Å². The fraction of sp³-hybridized carbons (Fsp3) is 0.556. The molecule has 23 heavy (non-hydrogen) atoms. The molecule has 5 nitrogen and oxygen atoms in total. The molecule has 3 aliphatic rings. The summed E-state index contributed by atoms with van der Waals surface area (Å²) in [7, 11) is 0. The Balaban J connectivity index is 1.75. The molecule has 1 aliphatic carbocycles. The highest BCUT2D eigenvalue weighted by atomic mass is 16.6. The van der Waals surface area contributed by atoms with Crippen LogP contribution in [0.25, 0.3) is 6.08 Å². The Bertz CT molecular complexity index is 664. The van der Waals surface area contributed by atoms with E-state index in [0.29, 0.717) is 0 Å². The second-order valence-electron chi connectivity index (χ2n) is 6.79. The van der Waals surface area contributed by atoms with E-state index in [1.165, 1.54) is 37.7 Å². The summed E-state index contributed by atoms with van der Waals surface area (Å²) in [4.78, 5) is 13.2. The van der Waals surface area contributed by atoms with Crippen LogP contribution in [-0.2, 0) is 0 Å². The highest BCUT2D eigenvalue weighted by Gasteiger charge is 2.46. The van der Waals surface area contributed by atoms with E-state index in [1.807, 2.05) is 0 Å². The number of hydrogen-bond donors (Lipinski definition) is 0. The number of benzene rings is 1. The maximum atomic E-state index is 11.0. The van der Waals surface area contributed by atoms with Crippen molar-refractivity contribution in [2.75, 3.05) is 13.1 Å². The van der Waals surface area contributed by atoms with Crippen LogP contribution >= 0.6 is 0 Å². The van der Waals surface area contributed by atoms with Crippen molar-refractivity contribution in [3.05, 3.63) is 39.4 Å². The van der Waals surface area contributed by atoms with Crippen LogP contribution in [0.15, 0.2) is 23.8 Å². The van der Waals surface area contributed by atoms with Crippen molar-refractivity contribution in [3.63, 3.8) is 0 Å². The molecule has 122 valence electrons. The van der Waals surface area contributed by atoms with E-state index in [1.54, 1.807) is 18.2 Å². The van der Waals surface area contributed by atoms with Gasteiger partial charge < -0.3 is 4.74 Å². The van der Waals surface area contributed by atoms with E-state index in [4.69, 9.17) is 4.74 Å². The largest absolute Gasteiger partial charge is 0.468 e. The fourth-order valence-corrected chi connectivity index (χ4v) is 4.24.